The zero-order chi connectivity index (χ0) is 20.3. The van der Waals surface area contributed by atoms with Crippen molar-refractivity contribution in [2.24, 2.45) is 0 Å². The summed E-state index contributed by atoms with van der Waals surface area (Å²) in [5.41, 5.74) is 0.0425. The summed E-state index contributed by atoms with van der Waals surface area (Å²) >= 11 is 6.08. The van der Waals surface area contributed by atoms with Crippen molar-refractivity contribution in [1.82, 2.24) is 0 Å². The number of rotatable bonds is 5. The van der Waals surface area contributed by atoms with Crippen molar-refractivity contribution in [2.45, 2.75) is 9.79 Å². The number of nitrogens with one attached hydrogen (secondary N) is 1. The molecule has 1 amide bonds. The van der Waals surface area contributed by atoms with E-state index in [0.717, 1.165) is 0 Å². The molecule has 8 heteroatoms. The first-order valence-electron chi connectivity index (χ1n) is 8.01. The lowest BCUT2D eigenvalue weighted by atomic mass is 10.1. The molecule has 0 bridgehead atoms. The standard InChI is InChI=1S/C20H14ClNO5S/c21-18-10-9-16(28(26,27)15-7-2-1-3-8-15)12-17(18)19(23)22-14-6-4-5-13(11-14)20(24)25/h1-12H,(H,22,23)(H,24,25)/p-1. The van der Waals surface area contributed by atoms with Crippen LogP contribution in [0.2, 0.25) is 5.02 Å². The first-order valence-corrected chi connectivity index (χ1v) is 9.87. The molecule has 0 aliphatic carbocycles. The number of halogens is 1. The van der Waals surface area contributed by atoms with Crippen LogP contribution in [0.15, 0.2) is 82.6 Å². The molecule has 0 aromatic heterocycles. The summed E-state index contributed by atoms with van der Waals surface area (Å²) in [6.45, 7) is 0. The van der Waals surface area contributed by atoms with E-state index in [1.165, 1.54) is 54.6 Å². The van der Waals surface area contributed by atoms with Gasteiger partial charge in [0.25, 0.3) is 5.91 Å². The number of aromatic carboxylic acids is 1. The number of sulfone groups is 1. The van der Waals surface area contributed by atoms with Gasteiger partial charge in [0.15, 0.2) is 0 Å². The number of amides is 1. The monoisotopic (exact) mass is 414 g/mol. The molecule has 142 valence electrons. The van der Waals surface area contributed by atoms with Gasteiger partial charge in [-0.05, 0) is 48.0 Å². The Labute approximate surface area is 166 Å². The van der Waals surface area contributed by atoms with Crippen molar-refractivity contribution < 1.29 is 23.1 Å². The van der Waals surface area contributed by atoms with Crippen molar-refractivity contribution in [3.8, 4) is 0 Å². The van der Waals surface area contributed by atoms with Crippen molar-refractivity contribution in [2.75, 3.05) is 5.32 Å². The summed E-state index contributed by atoms with van der Waals surface area (Å²) in [5, 5.41) is 13.5. The van der Waals surface area contributed by atoms with E-state index in [0.29, 0.717) is 0 Å². The first kappa shape index (κ1) is 19.6. The molecule has 0 atom stereocenters. The molecular formula is C20H13ClNO5S-. The van der Waals surface area contributed by atoms with Crippen LogP contribution in [0.3, 0.4) is 0 Å². The van der Waals surface area contributed by atoms with Gasteiger partial charge in [0.05, 0.1) is 26.3 Å². The van der Waals surface area contributed by atoms with Crippen LogP contribution in [0.4, 0.5) is 5.69 Å². The summed E-state index contributed by atoms with van der Waals surface area (Å²) in [6.07, 6.45) is 0. The van der Waals surface area contributed by atoms with Gasteiger partial charge in [-0.1, -0.05) is 41.9 Å². The van der Waals surface area contributed by atoms with E-state index in [4.69, 9.17) is 11.6 Å². The third-order valence-corrected chi connectivity index (χ3v) is 6.00. The molecule has 3 aromatic rings. The van der Waals surface area contributed by atoms with Crippen LogP contribution in [0, 0.1) is 0 Å². The Morgan fingerprint density at radius 3 is 2.25 bits per heavy atom. The summed E-state index contributed by atoms with van der Waals surface area (Å²) in [4.78, 5) is 23.5. The van der Waals surface area contributed by atoms with Gasteiger partial charge >= 0.3 is 0 Å². The van der Waals surface area contributed by atoms with Gasteiger partial charge in [0, 0.05) is 5.69 Å². The predicted molar refractivity (Wildman–Crippen MR) is 102 cm³/mol. The quantitative estimate of drug-likeness (QED) is 0.691. The lowest BCUT2D eigenvalue weighted by Gasteiger charge is -2.11. The summed E-state index contributed by atoms with van der Waals surface area (Å²) in [7, 11) is -3.83. The van der Waals surface area contributed by atoms with Crippen LogP contribution < -0.4 is 10.4 Å². The van der Waals surface area contributed by atoms with Crippen LogP contribution >= 0.6 is 11.6 Å². The van der Waals surface area contributed by atoms with Gasteiger partial charge in [0.2, 0.25) is 9.84 Å². The van der Waals surface area contributed by atoms with Gasteiger partial charge in [0.1, 0.15) is 0 Å². The molecule has 0 fully saturated rings. The fraction of sp³-hybridized carbons (Fsp3) is 0. The number of anilines is 1. The molecule has 0 saturated carbocycles. The number of carboxylic acids is 1. The lowest BCUT2D eigenvalue weighted by Crippen LogP contribution is -2.22. The molecule has 0 saturated heterocycles. The minimum atomic E-state index is -3.83. The molecule has 0 radical (unpaired) electrons. The Kier molecular flexibility index (Phi) is 5.48. The Morgan fingerprint density at radius 1 is 0.857 bits per heavy atom. The molecule has 28 heavy (non-hydrogen) atoms. The molecule has 3 aromatic carbocycles. The zero-order valence-electron chi connectivity index (χ0n) is 14.3. The smallest absolute Gasteiger partial charge is 0.257 e. The van der Waals surface area contributed by atoms with Gasteiger partial charge in [-0.25, -0.2) is 8.42 Å². The molecule has 6 nitrogen and oxygen atoms in total. The van der Waals surface area contributed by atoms with Gasteiger partial charge < -0.3 is 15.2 Å². The van der Waals surface area contributed by atoms with Crippen molar-refractivity contribution >= 4 is 39.0 Å². The fourth-order valence-corrected chi connectivity index (χ4v) is 4.01. The Morgan fingerprint density at radius 2 is 1.57 bits per heavy atom. The molecule has 0 aliphatic heterocycles. The second-order valence-electron chi connectivity index (χ2n) is 5.78. The van der Waals surface area contributed by atoms with E-state index in [9.17, 15) is 23.1 Å². The number of hydrogen-bond donors (Lipinski definition) is 1. The van der Waals surface area contributed by atoms with Gasteiger partial charge in [-0.15, -0.1) is 0 Å². The third kappa shape index (κ3) is 4.05. The van der Waals surface area contributed by atoms with E-state index >= 15 is 0 Å². The first-order chi connectivity index (χ1) is 13.3. The summed E-state index contributed by atoms with van der Waals surface area (Å²) in [5.74, 6) is -2.06. The van der Waals surface area contributed by atoms with Crippen LogP contribution in [0.5, 0.6) is 0 Å². The van der Waals surface area contributed by atoms with Crippen LogP contribution in [0.1, 0.15) is 20.7 Å². The highest BCUT2D eigenvalue weighted by Crippen LogP contribution is 2.26. The second kappa shape index (κ2) is 7.84. The largest absolute Gasteiger partial charge is 0.545 e. The Hall–Kier alpha value is -3.16. The molecule has 3 rings (SSSR count). The van der Waals surface area contributed by atoms with E-state index in [1.807, 2.05) is 0 Å². The summed E-state index contributed by atoms with van der Waals surface area (Å²) in [6, 6.07) is 17.1. The fourth-order valence-electron chi connectivity index (χ4n) is 2.50. The molecule has 0 heterocycles. The van der Waals surface area contributed by atoms with Crippen molar-refractivity contribution in [3.63, 3.8) is 0 Å². The van der Waals surface area contributed by atoms with Crippen LogP contribution in [-0.2, 0) is 9.84 Å². The SMILES string of the molecule is O=C([O-])c1cccc(NC(=O)c2cc(S(=O)(=O)c3ccccc3)ccc2Cl)c1. The highest BCUT2D eigenvalue weighted by atomic mass is 35.5. The van der Waals surface area contributed by atoms with Crippen molar-refractivity contribution in [3.05, 3.63) is 88.9 Å². The van der Waals surface area contributed by atoms with E-state index < -0.39 is 21.7 Å². The van der Waals surface area contributed by atoms with Crippen LogP contribution in [0.25, 0.3) is 0 Å². The van der Waals surface area contributed by atoms with E-state index in [2.05, 4.69) is 5.32 Å². The number of benzene rings is 3. The minimum absolute atomic E-state index is 0.0561. The van der Waals surface area contributed by atoms with E-state index in [1.54, 1.807) is 18.2 Å². The Balaban J connectivity index is 1.95. The normalized spacial score (nSPS) is 11.0. The minimum Gasteiger partial charge on any atom is -0.545 e. The number of carbonyl (C=O) groups excluding carboxylic acids is 2. The lowest BCUT2D eigenvalue weighted by molar-refractivity contribution is -0.255. The van der Waals surface area contributed by atoms with Gasteiger partial charge in [-0.3, -0.25) is 4.79 Å². The van der Waals surface area contributed by atoms with Crippen molar-refractivity contribution in [1.29, 1.82) is 0 Å². The zero-order valence-corrected chi connectivity index (χ0v) is 15.8. The molecule has 0 aliphatic rings. The number of carboxylic acid groups (broad SMARTS) is 1. The van der Waals surface area contributed by atoms with E-state index in [-0.39, 0.29) is 31.6 Å². The number of hydrogen-bond acceptors (Lipinski definition) is 5. The summed E-state index contributed by atoms with van der Waals surface area (Å²) < 4.78 is 25.5. The highest BCUT2D eigenvalue weighted by molar-refractivity contribution is 7.91. The van der Waals surface area contributed by atoms with Crippen LogP contribution in [-0.4, -0.2) is 20.3 Å². The molecular weight excluding hydrogens is 402 g/mol. The maximum Gasteiger partial charge on any atom is 0.257 e. The molecule has 0 unspecified atom stereocenters. The maximum atomic E-state index is 12.8. The second-order valence-corrected chi connectivity index (χ2v) is 8.14. The average Bonchev–Trinajstić information content (AvgIpc) is 2.69. The third-order valence-electron chi connectivity index (χ3n) is 3.90. The number of carbonyl (C=O) groups is 2. The average molecular weight is 415 g/mol. The Bertz CT molecular complexity index is 1160. The molecule has 1 N–H and O–H groups in total. The topological polar surface area (TPSA) is 103 Å². The maximum absolute atomic E-state index is 12.8. The highest BCUT2D eigenvalue weighted by Gasteiger charge is 2.21. The molecule has 0 spiro atoms. The predicted octanol–water partition coefficient (Wildman–Crippen LogP) is 2.79. The van der Waals surface area contributed by atoms with Gasteiger partial charge in [-0.2, -0.15) is 0 Å².